The number of methoxy groups -OCH3 is 1. The molecule has 3 N–H and O–H groups in total. The van der Waals surface area contributed by atoms with Crippen molar-refractivity contribution in [2.24, 2.45) is 0 Å². The summed E-state index contributed by atoms with van der Waals surface area (Å²) >= 11 is 5.95. The van der Waals surface area contributed by atoms with Gasteiger partial charge in [0.05, 0.1) is 22.7 Å². The molecule has 3 rings (SSSR count). The first-order chi connectivity index (χ1) is 15.6. The Labute approximate surface area is 196 Å². The lowest BCUT2D eigenvalue weighted by Crippen LogP contribution is -2.20. The van der Waals surface area contributed by atoms with E-state index in [0.717, 1.165) is 6.07 Å². The van der Waals surface area contributed by atoms with Crippen molar-refractivity contribution in [3.8, 4) is 5.75 Å². The van der Waals surface area contributed by atoms with E-state index >= 15 is 0 Å². The van der Waals surface area contributed by atoms with Crippen LogP contribution in [0.4, 0.5) is 11.4 Å². The van der Waals surface area contributed by atoms with Gasteiger partial charge in [0.1, 0.15) is 10.6 Å². The lowest BCUT2D eigenvalue weighted by molar-refractivity contribution is 0.102. The van der Waals surface area contributed by atoms with Crippen molar-refractivity contribution in [2.75, 3.05) is 24.2 Å². The minimum atomic E-state index is -3.99. The molecule has 0 aromatic heterocycles. The Hall–Kier alpha value is -3.12. The topological polar surface area (TPSA) is 131 Å². The van der Waals surface area contributed by atoms with Crippen LogP contribution in [0.5, 0.6) is 5.75 Å². The highest BCUT2D eigenvalue weighted by Crippen LogP contribution is 2.27. The third-order valence-electron chi connectivity index (χ3n) is 4.51. The number of anilines is 2. The van der Waals surface area contributed by atoms with Gasteiger partial charge in [-0.15, -0.1) is 0 Å². The zero-order chi connectivity index (χ0) is 24.2. The van der Waals surface area contributed by atoms with Gasteiger partial charge >= 0.3 is 0 Å². The monoisotopic (exact) mass is 509 g/mol. The maximum absolute atomic E-state index is 12.8. The molecule has 0 saturated carbocycles. The van der Waals surface area contributed by atoms with Crippen molar-refractivity contribution in [3.05, 3.63) is 77.3 Å². The summed E-state index contributed by atoms with van der Waals surface area (Å²) in [7, 11) is -5.22. The number of hydrogen-bond donors (Lipinski definition) is 3. The maximum Gasteiger partial charge on any atom is 0.262 e. The van der Waals surface area contributed by atoms with E-state index in [9.17, 15) is 21.6 Å². The molecule has 0 unspecified atom stereocenters. The van der Waals surface area contributed by atoms with Crippen LogP contribution in [0, 0.1) is 0 Å². The second-order valence-corrected chi connectivity index (χ2v) is 10.6. The number of benzene rings is 3. The number of hydrogen-bond acceptors (Lipinski definition) is 6. The molecule has 3 aromatic rings. The number of ether oxygens (including phenoxy) is 1. The van der Waals surface area contributed by atoms with Crippen molar-refractivity contribution in [3.63, 3.8) is 0 Å². The van der Waals surface area contributed by atoms with E-state index < -0.39 is 26.0 Å². The smallest absolute Gasteiger partial charge is 0.262 e. The van der Waals surface area contributed by atoms with Crippen LogP contribution in [0.15, 0.2) is 76.5 Å². The molecule has 0 bridgehead atoms. The van der Waals surface area contributed by atoms with Crippen molar-refractivity contribution in [1.82, 2.24) is 4.72 Å². The van der Waals surface area contributed by atoms with Crippen LogP contribution in [-0.4, -0.2) is 36.9 Å². The molecule has 0 aliphatic carbocycles. The summed E-state index contributed by atoms with van der Waals surface area (Å²) in [5.74, 6) is -0.299. The lowest BCUT2D eigenvalue weighted by atomic mass is 10.2. The van der Waals surface area contributed by atoms with Crippen molar-refractivity contribution in [1.29, 1.82) is 0 Å². The number of amides is 1. The van der Waals surface area contributed by atoms with E-state index in [1.165, 1.54) is 50.6 Å². The summed E-state index contributed by atoms with van der Waals surface area (Å²) in [4.78, 5) is 12.3. The molecule has 1 amide bonds. The van der Waals surface area contributed by atoms with Crippen LogP contribution in [-0.2, 0) is 20.0 Å². The number of carbonyl (C=O) groups excluding carboxylic acids is 1. The van der Waals surface area contributed by atoms with Gasteiger partial charge < -0.3 is 10.1 Å². The Balaban J connectivity index is 1.86. The van der Waals surface area contributed by atoms with Crippen molar-refractivity contribution in [2.45, 2.75) is 9.79 Å². The zero-order valence-electron chi connectivity index (χ0n) is 17.5. The Kier molecular flexibility index (Phi) is 7.28. The lowest BCUT2D eigenvalue weighted by Gasteiger charge is -2.13. The molecular formula is C21H20ClN3O6S2. The molecule has 12 heteroatoms. The number of halogens is 1. The average molecular weight is 510 g/mol. The predicted molar refractivity (Wildman–Crippen MR) is 126 cm³/mol. The number of rotatable bonds is 8. The molecule has 3 aromatic carbocycles. The normalized spacial score (nSPS) is 11.6. The molecule has 33 heavy (non-hydrogen) atoms. The fourth-order valence-electron chi connectivity index (χ4n) is 2.84. The van der Waals surface area contributed by atoms with Gasteiger partial charge in [0, 0.05) is 11.3 Å². The van der Waals surface area contributed by atoms with Crippen molar-refractivity contribution < 1.29 is 26.4 Å². The summed E-state index contributed by atoms with van der Waals surface area (Å²) < 4.78 is 59.6. The first-order valence-corrected chi connectivity index (χ1v) is 12.7. The summed E-state index contributed by atoms with van der Waals surface area (Å²) in [5.41, 5.74) is 0.471. The molecule has 9 nitrogen and oxygen atoms in total. The van der Waals surface area contributed by atoms with E-state index in [0.29, 0.717) is 5.75 Å². The van der Waals surface area contributed by atoms with Gasteiger partial charge in [-0.1, -0.05) is 29.8 Å². The number of carbonyl (C=O) groups is 1. The molecule has 0 fully saturated rings. The average Bonchev–Trinajstić information content (AvgIpc) is 2.79. The molecule has 0 heterocycles. The minimum absolute atomic E-state index is 0.0219. The SMILES string of the molecule is CNS(=O)(=O)c1cc(C(=O)Nc2cccc(S(=O)(=O)Nc3ccccc3OC)c2)ccc1Cl. The predicted octanol–water partition coefficient (Wildman–Crippen LogP) is 3.31. The maximum atomic E-state index is 12.8. The summed E-state index contributed by atoms with van der Waals surface area (Å²) in [5, 5.41) is 2.51. The van der Waals surface area contributed by atoms with E-state index in [4.69, 9.17) is 16.3 Å². The molecule has 0 aliphatic rings. The third-order valence-corrected chi connectivity index (χ3v) is 7.76. The Bertz CT molecular complexity index is 1410. The van der Waals surface area contributed by atoms with Gasteiger partial charge in [0.25, 0.3) is 15.9 Å². The molecule has 0 spiro atoms. The first kappa shape index (κ1) is 24.5. The molecule has 0 radical (unpaired) electrons. The largest absolute Gasteiger partial charge is 0.495 e. The minimum Gasteiger partial charge on any atom is -0.495 e. The summed E-state index contributed by atoms with van der Waals surface area (Å²) in [6, 6.07) is 15.9. The van der Waals surface area contributed by atoms with Crippen LogP contribution in [0.25, 0.3) is 0 Å². The Morgan fingerprint density at radius 2 is 1.64 bits per heavy atom. The molecule has 0 atom stereocenters. The number of para-hydroxylation sites is 2. The molecule has 0 saturated heterocycles. The van der Waals surface area contributed by atoms with Gasteiger partial charge in [0.2, 0.25) is 10.0 Å². The van der Waals surface area contributed by atoms with Crippen LogP contribution in [0.3, 0.4) is 0 Å². The highest BCUT2D eigenvalue weighted by molar-refractivity contribution is 7.92. The van der Waals surface area contributed by atoms with Gasteiger partial charge in [-0.25, -0.2) is 21.6 Å². The van der Waals surface area contributed by atoms with E-state index in [1.807, 2.05) is 0 Å². The summed E-state index contributed by atoms with van der Waals surface area (Å²) in [6.45, 7) is 0. The Morgan fingerprint density at radius 3 is 2.33 bits per heavy atom. The third kappa shape index (κ3) is 5.63. The van der Waals surface area contributed by atoms with Crippen LogP contribution in [0.2, 0.25) is 5.02 Å². The number of nitrogens with one attached hydrogen (secondary N) is 3. The van der Waals surface area contributed by atoms with E-state index in [1.54, 1.807) is 24.3 Å². The molecule has 174 valence electrons. The van der Waals surface area contributed by atoms with E-state index in [2.05, 4.69) is 14.8 Å². The van der Waals surface area contributed by atoms with Gasteiger partial charge in [-0.2, -0.15) is 0 Å². The van der Waals surface area contributed by atoms with Crippen LogP contribution < -0.4 is 19.5 Å². The molecular weight excluding hydrogens is 490 g/mol. The Morgan fingerprint density at radius 1 is 0.909 bits per heavy atom. The van der Waals surface area contributed by atoms with Gasteiger partial charge in [-0.05, 0) is 55.6 Å². The van der Waals surface area contributed by atoms with Gasteiger partial charge in [-0.3, -0.25) is 9.52 Å². The standard InChI is InChI=1S/C21H20ClN3O6S2/c1-23-33(29,30)20-12-14(10-11-17(20)22)21(26)24-15-6-5-7-16(13-15)32(27,28)25-18-8-3-4-9-19(18)31-2/h3-13,23,25H,1-2H3,(H,24,26). The first-order valence-electron chi connectivity index (χ1n) is 9.38. The quantitative estimate of drug-likeness (QED) is 0.427. The highest BCUT2D eigenvalue weighted by Gasteiger charge is 2.20. The zero-order valence-corrected chi connectivity index (χ0v) is 19.9. The fraction of sp³-hybridized carbons (Fsp3) is 0.0952. The second-order valence-electron chi connectivity index (χ2n) is 6.64. The van der Waals surface area contributed by atoms with Gasteiger partial charge in [0.15, 0.2) is 0 Å². The highest BCUT2D eigenvalue weighted by atomic mass is 35.5. The van der Waals surface area contributed by atoms with E-state index in [-0.39, 0.29) is 31.8 Å². The van der Waals surface area contributed by atoms with Crippen molar-refractivity contribution >= 4 is 48.9 Å². The fourth-order valence-corrected chi connectivity index (χ4v) is 5.20. The second kappa shape index (κ2) is 9.79. The summed E-state index contributed by atoms with van der Waals surface area (Å²) in [6.07, 6.45) is 0. The van der Waals surface area contributed by atoms with Crippen LogP contribution >= 0.6 is 11.6 Å². The number of sulfonamides is 2. The molecule has 0 aliphatic heterocycles. The van der Waals surface area contributed by atoms with Crippen LogP contribution in [0.1, 0.15) is 10.4 Å².